The summed E-state index contributed by atoms with van der Waals surface area (Å²) in [4.78, 5) is 17.2. The van der Waals surface area contributed by atoms with Gasteiger partial charge in [0.15, 0.2) is 0 Å². The fourth-order valence-electron chi connectivity index (χ4n) is 3.44. The Morgan fingerprint density at radius 2 is 1.80 bits per heavy atom. The highest BCUT2D eigenvalue weighted by molar-refractivity contribution is 5.98. The highest BCUT2D eigenvalue weighted by atomic mass is 16.5. The Hall–Kier alpha value is -3.68. The number of hydrogen-bond donors (Lipinski definition) is 4. The summed E-state index contributed by atoms with van der Waals surface area (Å²) in [5, 5.41) is 15.3. The van der Waals surface area contributed by atoms with Gasteiger partial charge in [0.2, 0.25) is 0 Å². The standard InChI is InChI=1S/C22H26N6O2/c1-3-30-22(29)13(2)28-18-12-16(21(25)26)8-9-17(18)27-19(28)10-7-14-5-4-6-15(11-14)20(23)24/h4-6,8-9,11-13H,3,7,10H2,1-2H3,(H3,23,24)(H3,25,26). The van der Waals surface area contributed by atoms with Crippen molar-refractivity contribution in [1.82, 2.24) is 9.55 Å². The molecule has 30 heavy (non-hydrogen) atoms. The van der Waals surface area contributed by atoms with Crippen LogP contribution in [0.4, 0.5) is 0 Å². The van der Waals surface area contributed by atoms with Crippen molar-refractivity contribution in [2.24, 2.45) is 11.5 Å². The number of nitrogens with two attached hydrogens (primary N) is 2. The molecule has 8 nitrogen and oxygen atoms in total. The molecule has 0 aliphatic heterocycles. The molecule has 3 aromatic rings. The highest BCUT2D eigenvalue weighted by Gasteiger charge is 2.23. The summed E-state index contributed by atoms with van der Waals surface area (Å²) < 4.78 is 7.08. The summed E-state index contributed by atoms with van der Waals surface area (Å²) in [6, 6.07) is 12.3. The van der Waals surface area contributed by atoms with Crippen LogP contribution < -0.4 is 11.5 Å². The minimum atomic E-state index is -0.573. The molecule has 8 heteroatoms. The van der Waals surface area contributed by atoms with E-state index >= 15 is 0 Å². The van der Waals surface area contributed by atoms with Crippen molar-refractivity contribution >= 4 is 28.7 Å². The maximum absolute atomic E-state index is 12.5. The SMILES string of the molecule is CCOC(=O)C(C)n1c(CCc2cccc(C(=N)N)c2)nc2ccc(C(=N)N)cc21. The summed E-state index contributed by atoms with van der Waals surface area (Å²) in [6.07, 6.45) is 1.24. The van der Waals surface area contributed by atoms with Crippen LogP contribution in [-0.2, 0) is 22.4 Å². The van der Waals surface area contributed by atoms with Crippen LogP contribution >= 0.6 is 0 Å². The molecule has 2 aromatic carbocycles. The second-order valence-electron chi connectivity index (χ2n) is 7.06. The molecule has 0 fully saturated rings. The smallest absolute Gasteiger partial charge is 0.328 e. The maximum Gasteiger partial charge on any atom is 0.328 e. The van der Waals surface area contributed by atoms with Crippen LogP contribution in [0.2, 0.25) is 0 Å². The lowest BCUT2D eigenvalue weighted by Crippen LogP contribution is -2.21. The molecule has 6 N–H and O–H groups in total. The average molecular weight is 406 g/mol. The zero-order valence-corrected chi connectivity index (χ0v) is 17.1. The first kappa shape index (κ1) is 21.0. The van der Waals surface area contributed by atoms with Crippen LogP contribution in [-0.4, -0.2) is 33.8 Å². The molecule has 0 aliphatic carbocycles. The molecule has 1 aromatic heterocycles. The van der Waals surface area contributed by atoms with Gasteiger partial charge < -0.3 is 20.8 Å². The van der Waals surface area contributed by atoms with Gasteiger partial charge in [-0.05, 0) is 50.1 Å². The first-order chi connectivity index (χ1) is 14.3. The number of rotatable bonds is 8. The van der Waals surface area contributed by atoms with Crippen LogP contribution in [0.3, 0.4) is 0 Å². The summed E-state index contributed by atoms with van der Waals surface area (Å²) in [7, 11) is 0. The molecule has 1 heterocycles. The van der Waals surface area contributed by atoms with Crippen molar-refractivity contribution in [1.29, 1.82) is 10.8 Å². The van der Waals surface area contributed by atoms with Gasteiger partial charge in [0, 0.05) is 17.5 Å². The Bertz CT molecular complexity index is 1120. The molecule has 0 aliphatic rings. The van der Waals surface area contributed by atoms with E-state index < -0.39 is 6.04 Å². The summed E-state index contributed by atoms with van der Waals surface area (Å²) in [6.45, 7) is 3.84. The zero-order valence-electron chi connectivity index (χ0n) is 17.1. The number of hydrogen-bond acceptors (Lipinski definition) is 5. The van der Waals surface area contributed by atoms with E-state index in [-0.39, 0.29) is 17.6 Å². The summed E-state index contributed by atoms with van der Waals surface area (Å²) in [5.74, 6) is 0.372. The number of esters is 1. The summed E-state index contributed by atoms with van der Waals surface area (Å²) in [5.41, 5.74) is 15.0. The number of aromatic nitrogens is 2. The van der Waals surface area contributed by atoms with Crippen molar-refractivity contribution in [3.63, 3.8) is 0 Å². The van der Waals surface area contributed by atoms with Gasteiger partial charge in [-0.15, -0.1) is 0 Å². The maximum atomic E-state index is 12.5. The average Bonchev–Trinajstić information content (AvgIpc) is 3.09. The van der Waals surface area contributed by atoms with Crippen LogP contribution in [0.5, 0.6) is 0 Å². The molecule has 0 bridgehead atoms. The molecule has 0 saturated carbocycles. The number of benzene rings is 2. The lowest BCUT2D eigenvalue weighted by atomic mass is 10.1. The molecule has 0 amide bonds. The fourth-order valence-corrected chi connectivity index (χ4v) is 3.44. The Morgan fingerprint density at radius 1 is 1.10 bits per heavy atom. The van der Waals surface area contributed by atoms with Gasteiger partial charge in [0.05, 0.1) is 17.6 Å². The van der Waals surface area contributed by atoms with Gasteiger partial charge in [-0.1, -0.05) is 18.2 Å². The number of amidine groups is 2. The third-order valence-electron chi connectivity index (χ3n) is 4.96. The normalized spacial score (nSPS) is 11.9. The first-order valence-electron chi connectivity index (χ1n) is 9.77. The predicted octanol–water partition coefficient (Wildman–Crippen LogP) is 2.51. The topological polar surface area (TPSA) is 144 Å². The third-order valence-corrected chi connectivity index (χ3v) is 4.96. The number of carbonyl (C=O) groups is 1. The van der Waals surface area contributed by atoms with Gasteiger partial charge in [-0.25, -0.2) is 9.78 Å². The lowest BCUT2D eigenvalue weighted by Gasteiger charge is -2.17. The van der Waals surface area contributed by atoms with Crippen LogP contribution in [0.15, 0.2) is 42.5 Å². The fraction of sp³-hybridized carbons (Fsp3) is 0.273. The zero-order chi connectivity index (χ0) is 21.8. The van der Waals surface area contributed by atoms with E-state index in [1.165, 1.54) is 0 Å². The summed E-state index contributed by atoms with van der Waals surface area (Å²) >= 11 is 0. The van der Waals surface area contributed by atoms with E-state index in [2.05, 4.69) is 0 Å². The number of imidazole rings is 1. The second-order valence-corrected chi connectivity index (χ2v) is 7.06. The van der Waals surface area contributed by atoms with Gasteiger partial charge in [0.1, 0.15) is 23.5 Å². The van der Waals surface area contributed by atoms with E-state index in [1.54, 1.807) is 38.1 Å². The quantitative estimate of drug-likeness (QED) is 0.258. The number of fused-ring (bicyclic) bond motifs is 1. The molecule has 0 radical (unpaired) electrons. The van der Waals surface area contributed by atoms with E-state index in [0.717, 1.165) is 22.4 Å². The van der Waals surface area contributed by atoms with Crippen molar-refractivity contribution in [2.45, 2.75) is 32.7 Å². The van der Waals surface area contributed by atoms with Crippen molar-refractivity contribution in [2.75, 3.05) is 6.61 Å². The predicted molar refractivity (Wildman–Crippen MR) is 117 cm³/mol. The second kappa shape index (κ2) is 8.77. The number of nitrogens with one attached hydrogen (secondary N) is 2. The third kappa shape index (κ3) is 4.32. The molecule has 1 atom stereocenters. The Balaban J connectivity index is 2.01. The number of ether oxygens (including phenoxy) is 1. The Labute approximate surface area is 174 Å². The molecule has 156 valence electrons. The van der Waals surface area contributed by atoms with Gasteiger partial charge >= 0.3 is 5.97 Å². The molecular weight excluding hydrogens is 380 g/mol. The van der Waals surface area contributed by atoms with Gasteiger partial charge in [-0.2, -0.15) is 0 Å². The number of nitrogens with zero attached hydrogens (tertiary/aromatic N) is 2. The molecule has 3 rings (SSSR count). The molecule has 1 unspecified atom stereocenters. The minimum absolute atomic E-state index is 0.0248. The van der Waals surface area contributed by atoms with E-state index in [0.29, 0.717) is 30.6 Å². The van der Waals surface area contributed by atoms with Crippen LogP contribution in [0.1, 0.15) is 42.4 Å². The number of aryl methyl sites for hydroxylation is 2. The molecular formula is C22H26N6O2. The molecule has 0 spiro atoms. The Kier molecular flexibility index (Phi) is 6.15. The lowest BCUT2D eigenvalue weighted by molar-refractivity contribution is -0.146. The van der Waals surface area contributed by atoms with Crippen molar-refractivity contribution in [3.05, 3.63) is 65.0 Å². The van der Waals surface area contributed by atoms with Gasteiger partial charge in [-0.3, -0.25) is 10.8 Å². The van der Waals surface area contributed by atoms with E-state index in [1.807, 2.05) is 22.8 Å². The minimum Gasteiger partial charge on any atom is -0.464 e. The van der Waals surface area contributed by atoms with Crippen molar-refractivity contribution < 1.29 is 9.53 Å². The first-order valence-corrected chi connectivity index (χ1v) is 9.77. The number of carbonyl (C=O) groups excluding carboxylic acids is 1. The largest absolute Gasteiger partial charge is 0.464 e. The van der Waals surface area contributed by atoms with Crippen LogP contribution in [0.25, 0.3) is 11.0 Å². The molecule has 0 saturated heterocycles. The highest BCUT2D eigenvalue weighted by Crippen LogP contribution is 2.25. The van der Waals surface area contributed by atoms with Crippen LogP contribution in [0, 0.1) is 10.8 Å². The number of nitrogen functional groups attached to an aromatic ring is 2. The Morgan fingerprint density at radius 3 is 2.47 bits per heavy atom. The monoisotopic (exact) mass is 406 g/mol. The van der Waals surface area contributed by atoms with E-state index in [4.69, 9.17) is 32.0 Å². The van der Waals surface area contributed by atoms with Gasteiger partial charge in [0.25, 0.3) is 0 Å². The van der Waals surface area contributed by atoms with Crippen molar-refractivity contribution in [3.8, 4) is 0 Å². The van der Waals surface area contributed by atoms with E-state index in [9.17, 15) is 4.79 Å².